The molecule has 0 aliphatic heterocycles. The average molecular weight is 255 g/mol. The molecule has 0 bridgehead atoms. The minimum atomic E-state index is -0.120. The minimum Gasteiger partial charge on any atom is -0.295 e. The number of nitrogens with one attached hydrogen (secondary N) is 1. The minimum absolute atomic E-state index is 0.0967. The van der Waals surface area contributed by atoms with E-state index in [1.807, 2.05) is 7.05 Å². The number of likely N-dealkylation sites (N-methyl/N-ethyl adjacent to an activating group) is 1. The Morgan fingerprint density at radius 3 is 2.94 bits per heavy atom. The van der Waals surface area contributed by atoms with Crippen LogP contribution in [-0.2, 0) is 11.2 Å². The molecule has 96 valence electrons. The van der Waals surface area contributed by atoms with Gasteiger partial charge in [0, 0.05) is 11.4 Å². The maximum absolute atomic E-state index is 11.6. The molecule has 1 rings (SSSR count). The molecular formula is C12H21N3OS. The number of carbonyl (C=O) groups is 1. The van der Waals surface area contributed by atoms with Crippen LogP contribution < -0.4 is 11.3 Å². The number of hydrazine groups is 1. The summed E-state index contributed by atoms with van der Waals surface area (Å²) in [7, 11) is 1.98. The molecule has 1 aromatic heterocycles. The second-order valence-corrected chi connectivity index (χ2v) is 5.16. The molecule has 0 aromatic carbocycles. The highest BCUT2D eigenvalue weighted by Crippen LogP contribution is 2.11. The Kier molecular flexibility index (Phi) is 6.18. The number of amides is 1. The number of carbonyl (C=O) groups excluding carboxylic acids is 1. The van der Waals surface area contributed by atoms with Crippen molar-refractivity contribution in [3.63, 3.8) is 0 Å². The van der Waals surface area contributed by atoms with E-state index in [-0.39, 0.29) is 11.9 Å². The Hall–Kier alpha value is -0.910. The lowest BCUT2D eigenvalue weighted by Crippen LogP contribution is -2.48. The quantitative estimate of drug-likeness (QED) is 0.440. The first-order valence-corrected chi connectivity index (χ1v) is 6.80. The lowest BCUT2D eigenvalue weighted by Gasteiger charge is -2.25. The highest BCUT2D eigenvalue weighted by atomic mass is 32.1. The van der Waals surface area contributed by atoms with E-state index in [0.29, 0.717) is 0 Å². The van der Waals surface area contributed by atoms with Crippen molar-refractivity contribution in [1.82, 2.24) is 10.3 Å². The van der Waals surface area contributed by atoms with Gasteiger partial charge < -0.3 is 0 Å². The van der Waals surface area contributed by atoms with Crippen LogP contribution in [0.1, 0.15) is 24.6 Å². The Morgan fingerprint density at radius 1 is 1.65 bits per heavy atom. The molecule has 1 aromatic rings. The average Bonchev–Trinajstić information content (AvgIpc) is 2.85. The third-order valence-electron chi connectivity index (χ3n) is 2.83. The largest absolute Gasteiger partial charge is 0.295 e. The predicted molar refractivity (Wildman–Crippen MR) is 71.7 cm³/mol. The molecule has 1 atom stereocenters. The fraction of sp³-hybridized carbons (Fsp3) is 0.583. The molecule has 0 saturated carbocycles. The zero-order valence-corrected chi connectivity index (χ0v) is 11.3. The van der Waals surface area contributed by atoms with Crippen LogP contribution in [0.5, 0.6) is 0 Å². The third-order valence-corrected chi connectivity index (χ3v) is 3.77. The standard InChI is InChI=1S/C12H21N3OS/c1-3-5-11(12(16)14-13)15(2)8-7-10-6-4-9-17-10/h4,6,9,11H,3,5,7-8,13H2,1-2H3,(H,14,16). The van der Waals surface area contributed by atoms with Crippen LogP contribution in [0.25, 0.3) is 0 Å². The molecule has 0 radical (unpaired) electrons. The van der Waals surface area contributed by atoms with Crippen molar-refractivity contribution in [3.8, 4) is 0 Å². The summed E-state index contributed by atoms with van der Waals surface area (Å²) >= 11 is 1.75. The summed E-state index contributed by atoms with van der Waals surface area (Å²) in [5.74, 6) is 5.11. The van der Waals surface area contributed by atoms with Gasteiger partial charge in [0.15, 0.2) is 0 Å². The van der Waals surface area contributed by atoms with E-state index in [0.717, 1.165) is 25.8 Å². The summed E-state index contributed by atoms with van der Waals surface area (Å²) < 4.78 is 0. The monoisotopic (exact) mass is 255 g/mol. The molecule has 1 amide bonds. The SMILES string of the molecule is CCCC(C(=O)NN)N(C)CCc1cccs1. The van der Waals surface area contributed by atoms with E-state index in [1.165, 1.54) is 4.88 Å². The maximum atomic E-state index is 11.6. The Morgan fingerprint density at radius 2 is 2.41 bits per heavy atom. The lowest BCUT2D eigenvalue weighted by molar-refractivity contribution is -0.126. The van der Waals surface area contributed by atoms with E-state index in [1.54, 1.807) is 11.3 Å². The second kappa shape index (κ2) is 7.42. The van der Waals surface area contributed by atoms with E-state index < -0.39 is 0 Å². The zero-order valence-electron chi connectivity index (χ0n) is 10.5. The topological polar surface area (TPSA) is 58.4 Å². The number of thiophene rings is 1. The fourth-order valence-corrected chi connectivity index (χ4v) is 2.52. The summed E-state index contributed by atoms with van der Waals surface area (Å²) in [5.41, 5.74) is 2.25. The van der Waals surface area contributed by atoms with Crippen molar-refractivity contribution in [2.45, 2.75) is 32.2 Å². The molecule has 1 unspecified atom stereocenters. The molecule has 4 nitrogen and oxygen atoms in total. The van der Waals surface area contributed by atoms with Gasteiger partial charge in [-0.15, -0.1) is 11.3 Å². The highest BCUT2D eigenvalue weighted by Gasteiger charge is 2.21. The van der Waals surface area contributed by atoms with Gasteiger partial charge >= 0.3 is 0 Å². The summed E-state index contributed by atoms with van der Waals surface area (Å²) in [4.78, 5) is 15.1. The Labute approximate surface area is 107 Å². The summed E-state index contributed by atoms with van der Waals surface area (Å²) in [5, 5.41) is 2.07. The molecule has 0 aliphatic carbocycles. The van der Waals surface area contributed by atoms with Crippen molar-refractivity contribution < 1.29 is 4.79 Å². The van der Waals surface area contributed by atoms with Gasteiger partial charge in [0.05, 0.1) is 6.04 Å². The van der Waals surface area contributed by atoms with E-state index in [9.17, 15) is 4.79 Å². The molecule has 5 heteroatoms. The van der Waals surface area contributed by atoms with E-state index in [4.69, 9.17) is 5.84 Å². The van der Waals surface area contributed by atoms with Gasteiger partial charge in [-0.2, -0.15) is 0 Å². The lowest BCUT2D eigenvalue weighted by atomic mass is 10.1. The summed E-state index contributed by atoms with van der Waals surface area (Å²) in [6.07, 6.45) is 2.79. The molecule has 0 spiro atoms. The summed E-state index contributed by atoms with van der Waals surface area (Å²) in [6, 6.07) is 4.05. The number of hydrogen-bond donors (Lipinski definition) is 2. The van der Waals surface area contributed by atoms with Crippen molar-refractivity contribution in [1.29, 1.82) is 0 Å². The van der Waals surface area contributed by atoms with Gasteiger partial charge in [0.1, 0.15) is 0 Å². The van der Waals surface area contributed by atoms with Crippen LogP contribution in [-0.4, -0.2) is 30.4 Å². The number of nitrogens with zero attached hydrogens (tertiary/aromatic N) is 1. The van der Waals surface area contributed by atoms with Crippen LogP contribution >= 0.6 is 11.3 Å². The maximum Gasteiger partial charge on any atom is 0.251 e. The molecule has 3 N–H and O–H groups in total. The normalized spacial score (nSPS) is 12.7. The van der Waals surface area contributed by atoms with Gasteiger partial charge in [-0.1, -0.05) is 19.4 Å². The number of rotatable bonds is 7. The highest BCUT2D eigenvalue weighted by molar-refractivity contribution is 7.09. The van der Waals surface area contributed by atoms with Crippen LogP contribution in [0.15, 0.2) is 17.5 Å². The van der Waals surface area contributed by atoms with Gasteiger partial charge in [-0.3, -0.25) is 15.1 Å². The van der Waals surface area contributed by atoms with Crippen LogP contribution in [0, 0.1) is 0 Å². The van der Waals surface area contributed by atoms with Crippen molar-refractivity contribution in [3.05, 3.63) is 22.4 Å². The molecule has 17 heavy (non-hydrogen) atoms. The first-order chi connectivity index (χ1) is 8.19. The number of nitrogens with two attached hydrogens (primary N) is 1. The first kappa shape index (κ1) is 14.2. The van der Waals surface area contributed by atoms with Crippen molar-refractivity contribution in [2.75, 3.05) is 13.6 Å². The molecule has 0 saturated heterocycles. The molecule has 0 fully saturated rings. The van der Waals surface area contributed by atoms with Gasteiger partial charge in [-0.05, 0) is 31.3 Å². The van der Waals surface area contributed by atoms with E-state index >= 15 is 0 Å². The third kappa shape index (κ3) is 4.46. The second-order valence-electron chi connectivity index (χ2n) is 4.12. The van der Waals surface area contributed by atoms with E-state index in [2.05, 4.69) is 34.8 Å². The Bertz CT molecular complexity index is 327. The predicted octanol–water partition coefficient (Wildman–Crippen LogP) is 1.38. The molecule has 0 aliphatic rings. The smallest absolute Gasteiger partial charge is 0.251 e. The molecule has 1 heterocycles. The fourth-order valence-electron chi connectivity index (χ4n) is 1.82. The number of hydrogen-bond acceptors (Lipinski definition) is 4. The zero-order chi connectivity index (χ0) is 12.7. The molecular weight excluding hydrogens is 234 g/mol. The van der Waals surface area contributed by atoms with Crippen LogP contribution in [0.2, 0.25) is 0 Å². The van der Waals surface area contributed by atoms with Gasteiger partial charge in [0.25, 0.3) is 5.91 Å². The summed E-state index contributed by atoms with van der Waals surface area (Å²) in [6.45, 7) is 2.95. The van der Waals surface area contributed by atoms with Crippen molar-refractivity contribution in [2.24, 2.45) is 5.84 Å². The van der Waals surface area contributed by atoms with Gasteiger partial charge in [-0.25, -0.2) is 5.84 Å². The first-order valence-electron chi connectivity index (χ1n) is 5.92. The van der Waals surface area contributed by atoms with Crippen molar-refractivity contribution >= 4 is 17.2 Å². The van der Waals surface area contributed by atoms with Crippen LogP contribution in [0.4, 0.5) is 0 Å². The Balaban J connectivity index is 2.47. The van der Waals surface area contributed by atoms with Gasteiger partial charge in [0.2, 0.25) is 0 Å². The van der Waals surface area contributed by atoms with Crippen LogP contribution in [0.3, 0.4) is 0 Å².